The van der Waals surface area contributed by atoms with Gasteiger partial charge in [-0.3, -0.25) is 14.4 Å². The number of carbonyl (C=O) groups excluding carboxylic acids is 4. The van der Waals surface area contributed by atoms with E-state index in [1.807, 2.05) is 73.6 Å². The number of benzene rings is 5. The predicted molar refractivity (Wildman–Crippen MR) is 604 cm³/mol. The summed E-state index contributed by atoms with van der Waals surface area (Å²) >= 11 is 11.3. The van der Waals surface area contributed by atoms with Crippen molar-refractivity contribution in [2.24, 2.45) is 23.7 Å². The van der Waals surface area contributed by atoms with Crippen LogP contribution in [0, 0.1) is 59.7 Å². The third-order valence-corrected chi connectivity index (χ3v) is 29.1. The van der Waals surface area contributed by atoms with Gasteiger partial charge in [0.15, 0.2) is 5.78 Å². The molecule has 8 aliphatic heterocycles. The number of nitrogens with two attached hydrogens (primary N) is 1. The second-order valence-electron chi connectivity index (χ2n) is 39.5. The van der Waals surface area contributed by atoms with E-state index in [9.17, 15) is 47.0 Å². The number of unbranched alkanes of at least 4 members (excludes halogenated alkanes) is 5. The van der Waals surface area contributed by atoms with E-state index in [0.29, 0.717) is 84.9 Å². The number of alkyl halides is 2. The molecule has 8 fully saturated rings. The summed E-state index contributed by atoms with van der Waals surface area (Å²) in [6.07, 6.45) is 30.7. The zero-order chi connectivity index (χ0) is 104. The fourth-order valence-electron chi connectivity index (χ4n) is 18.8. The largest absolute Gasteiger partial charge is 2.00 e. The number of ketones is 1. The molecule has 0 spiro atoms. The average molecular weight is 2430 g/mol. The number of hydroxylamine groups is 2. The van der Waals surface area contributed by atoms with Crippen LogP contribution in [0.1, 0.15) is 283 Å². The average Bonchev–Trinajstić information content (AvgIpc) is 0.727. The summed E-state index contributed by atoms with van der Waals surface area (Å²) in [5, 5.41) is 32.2. The number of carbonyl (C=O) groups is 4. The molecular weight excluding hydrogens is 2250 g/mol. The third-order valence-electron chi connectivity index (χ3n) is 26.3. The van der Waals surface area contributed by atoms with Gasteiger partial charge < -0.3 is 104 Å². The molecular formula is C111H178Br2ClF5I2MgN10O13. The molecule has 0 aliphatic carbocycles. The number of nitrogens with one attached hydrogen (secondary N) is 2. The minimum absolute atomic E-state index is 0. The first-order valence-corrected chi connectivity index (χ1v) is 56.9. The molecule has 0 saturated carbocycles. The smallest absolute Gasteiger partial charge is 1.00 e. The van der Waals surface area contributed by atoms with Crippen molar-refractivity contribution in [3.8, 4) is 0 Å². The van der Waals surface area contributed by atoms with Crippen LogP contribution in [0.25, 0.3) is 0 Å². The number of halogens is 10. The van der Waals surface area contributed by atoms with Crippen molar-refractivity contribution in [1.29, 1.82) is 0 Å². The quantitative estimate of drug-likeness (QED) is 0.00318. The maximum absolute atomic E-state index is 15.3. The van der Waals surface area contributed by atoms with Crippen LogP contribution in [-0.2, 0) is 49.3 Å². The summed E-state index contributed by atoms with van der Waals surface area (Å²) in [4.78, 5) is 66.2. The molecule has 23 nitrogen and oxygen atoms in total. The monoisotopic (exact) mass is 2420 g/mol. The summed E-state index contributed by atoms with van der Waals surface area (Å²) in [5.41, 5.74) is 6.53. The van der Waals surface area contributed by atoms with Gasteiger partial charge in [0.1, 0.15) is 40.3 Å². The van der Waals surface area contributed by atoms with E-state index in [2.05, 4.69) is 114 Å². The number of nitrogen functional groups attached to an aromatic ring is 1. The summed E-state index contributed by atoms with van der Waals surface area (Å²) in [6.45, 7) is 35.0. The Bertz CT molecular complexity index is 4300. The van der Waals surface area contributed by atoms with E-state index >= 15 is 4.39 Å². The van der Waals surface area contributed by atoms with Crippen molar-refractivity contribution in [1.82, 2.24) is 25.5 Å². The maximum atomic E-state index is 15.3. The Morgan fingerprint density at radius 3 is 1.23 bits per heavy atom. The number of hydrogen-bond acceptors (Lipinski definition) is 20. The molecule has 34 heteroatoms. The van der Waals surface area contributed by atoms with E-state index in [1.165, 1.54) is 103 Å². The molecule has 5 aromatic rings. The first-order valence-electron chi connectivity index (χ1n) is 52.2. The van der Waals surface area contributed by atoms with Crippen molar-refractivity contribution >= 4 is 152 Å². The number of Topliss-reactive ketones (excluding diaryl/α,β-unsaturated/α-hetero) is 1. The number of methoxy groups -OCH3 is 3. The molecule has 0 unspecified atom stereocenters. The van der Waals surface area contributed by atoms with Gasteiger partial charge in [-0.2, -0.15) is 6.42 Å². The van der Waals surface area contributed by atoms with Gasteiger partial charge in [-0.1, -0.05) is 108 Å². The fraction of sp³-hybridized carbons (Fsp3) is 0.685. The Morgan fingerprint density at radius 1 is 0.469 bits per heavy atom. The number of para-hydroxylation sites is 5. The zero-order valence-corrected chi connectivity index (χ0v) is 98.6. The van der Waals surface area contributed by atoms with Crippen LogP contribution in [0.5, 0.6) is 0 Å². The van der Waals surface area contributed by atoms with E-state index in [4.69, 9.17) is 39.0 Å². The SMILES string of the molecule is C.CCOCC.COCCCC[C@@](O)(c1cccc(F)c1N1CCCCC1)[C@@H]1CCCN(C(=O)OC(C)(C)C)C1.COCCCC[C@@](O)(c1cccc(F)c1N1CCCCC1)[C@@H]1CCCNC1.CON(C)C(=O)[C@@H]1CCCN(C(=O)OC(C)(C)C)C1.Fc1cccc(Br)c1N1CCCCC1.ICCCCCI.Nc1c(F)cccc1Br.O=C(c1cccc(F)c1N1CCCCC1)[C@@H]1CCCNC1.[CH2-]CCCOC.[Cl-].[Mg+2]. The molecule has 8 heterocycles. The summed E-state index contributed by atoms with van der Waals surface area (Å²) in [5.74, 6) is -1.57. The molecule has 0 aromatic heterocycles. The van der Waals surface area contributed by atoms with Gasteiger partial charge in [0.05, 0.1) is 52.7 Å². The minimum Gasteiger partial charge on any atom is -1.00 e. The van der Waals surface area contributed by atoms with Crippen LogP contribution < -0.4 is 48.4 Å². The topological polar surface area (TPSA) is 246 Å². The number of likely N-dealkylation sites (tertiary alicyclic amines) is 2. The fourth-order valence-corrected chi connectivity index (χ4v) is 20.8. The van der Waals surface area contributed by atoms with Gasteiger partial charge in [-0.05, 0) is 338 Å². The number of piperidine rings is 8. The van der Waals surface area contributed by atoms with Crippen molar-refractivity contribution < 1.29 is 97.0 Å². The molecule has 8 saturated heterocycles. The van der Waals surface area contributed by atoms with E-state index < -0.39 is 22.4 Å². The zero-order valence-electron chi connectivity index (χ0n) is 88.9. The molecule has 5 aromatic carbocycles. The van der Waals surface area contributed by atoms with Gasteiger partial charge >= 0.3 is 35.2 Å². The van der Waals surface area contributed by atoms with Crippen molar-refractivity contribution in [2.45, 2.75) is 284 Å². The third kappa shape index (κ3) is 48.8. The molecule has 145 heavy (non-hydrogen) atoms. The normalized spacial score (nSPS) is 18.7. The Kier molecular flexibility index (Phi) is 71.7. The van der Waals surface area contributed by atoms with Crippen molar-refractivity contribution in [3.05, 3.63) is 153 Å². The van der Waals surface area contributed by atoms with Crippen molar-refractivity contribution in [3.63, 3.8) is 0 Å². The van der Waals surface area contributed by atoms with Crippen molar-refractivity contribution in [2.75, 3.05) is 207 Å². The van der Waals surface area contributed by atoms with Crippen LogP contribution in [-0.4, -0.2) is 265 Å². The summed E-state index contributed by atoms with van der Waals surface area (Å²) in [6, 6.07) is 25.0. The van der Waals surface area contributed by atoms with E-state index in [-0.39, 0.29) is 125 Å². The van der Waals surface area contributed by atoms with Gasteiger partial charge in [-0.25, -0.2) is 36.6 Å². The molecule has 0 radical (unpaired) electrons. The minimum atomic E-state index is -1.25. The first-order chi connectivity index (χ1) is 68.1. The molecule has 3 amide bonds. The van der Waals surface area contributed by atoms with Gasteiger partial charge in [0, 0.05) is 196 Å². The number of ether oxygens (including phenoxy) is 6. The van der Waals surface area contributed by atoms with E-state index in [0.717, 1.165) is 249 Å². The number of amides is 3. The van der Waals surface area contributed by atoms with Crippen LogP contribution in [0.2, 0.25) is 0 Å². The Hall–Kier alpha value is -4.45. The van der Waals surface area contributed by atoms with Crippen LogP contribution in [0.3, 0.4) is 0 Å². The number of nitrogens with zero attached hydrogens (tertiary/aromatic N) is 7. The van der Waals surface area contributed by atoms with Crippen LogP contribution >= 0.6 is 77.0 Å². The molecule has 6 atom stereocenters. The van der Waals surface area contributed by atoms with Gasteiger partial charge in [0.2, 0.25) is 0 Å². The standard InChI is InChI=1S/C27H43FN2O4.C22H35FN2O2.C17H23FN2O.C13H24N2O4.C11H13BrFN.C6H5BrFN.C5H10I2.C5H11O.C4H10O.CH4.ClH.Mg/c1-26(2,3)34-25(31)30-18-11-12-21(20-30)27(32,15-6-9-19-33-4)22-13-10-14-23(28)24(22)29-16-7-5-8-17-29;1-27-16-6-3-12-22(26,18-9-8-13-24-17-18)19-10-7-11-20(23)21(19)25-14-4-2-5-15-25;18-15-8-4-7-14(16(15)20-10-2-1-3-11-20)17(21)13-6-5-9-19-12-13;1-13(2,3)19-12(17)15-8-6-7-10(9-15)11(16)14(4)18-5;12-9-5-4-6-10(13)11(9)14-7-2-1-3-8-14;7-4-2-1-3-5(8)6(4)9;6-4-2-1-3-5-7;1-3-4-5-6-2;1-3-5-4-2;;;/h10,13-14,21,32H,5-9,11-12,15-20H2,1-4H3;7,10-11,18,24,26H,2-6,8-9,12-17H2,1H3;4,7-8,13,19H,1-3,5-6,9-12H2;10H,6-9H2,1-5H3;4-6H,1-3,7-8H2;1-3H,9H2;1-5H2;1,3-5H2,2H3;3-4H2,1-2H3;1H4;1H;/q;;;;;;;-1;;;;+2/p-1/t21-,27+;18-,22+;13-;10-;;;;;;;;/m1111......../s1. The molecule has 822 valence electrons. The molecule has 0 bridgehead atoms. The number of aliphatic hydroxyl groups is 2. The summed E-state index contributed by atoms with van der Waals surface area (Å²) < 4.78 is 106. The van der Waals surface area contributed by atoms with Crippen LogP contribution in [0.4, 0.5) is 60.0 Å². The Labute approximate surface area is 934 Å². The molecule has 13 rings (SSSR count). The Balaban J connectivity index is 0.000000582. The number of rotatable bonds is 31. The predicted octanol–water partition coefficient (Wildman–Crippen LogP) is 22.3. The number of anilines is 5. The summed E-state index contributed by atoms with van der Waals surface area (Å²) in [7, 11) is 8.11. The maximum Gasteiger partial charge on any atom is 2.00 e. The van der Waals surface area contributed by atoms with Gasteiger partial charge in [-0.15, -0.1) is 0 Å². The number of hydrogen-bond donors (Lipinski definition) is 5. The molecule has 6 N–H and O–H groups in total. The second kappa shape index (κ2) is 76.2. The van der Waals surface area contributed by atoms with Crippen LogP contribution in [0.15, 0.2) is 99.9 Å². The first kappa shape index (κ1) is 137. The Morgan fingerprint density at radius 2 is 0.848 bits per heavy atom. The molecule has 8 aliphatic rings. The second-order valence-corrected chi connectivity index (χ2v) is 43.3. The van der Waals surface area contributed by atoms with Gasteiger partial charge in [0.25, 0.3) is 5.91 Å². The van der Waals surface area contributed by atoms with E-state index in [1.54, 1.807) is 80.6 Å².